The third kappa shape index (κ3) is 3.65. The summed E-state index contributed by atoms with van der Waals surface area (Å²) in [5.74, 6) is 0. The highest BCUT2D eigenvalue weighted by molar-refractivity contribution is 5.67. The molecular formula is C17H19N3O3. The predicted molar refractivity (Wildman–Crippen MR) is 83.4 cm³/mol. The second kappa shape index (κ2) is 6.75. The molecule has 2 aromatic rings. The number of rotatable bonds is 3. The molecule has 120 valence electrons. The number of likely N-dealkylation sites (tertiary alicyclic amines) is 1. The maximum absolute atomic E-state index is 12.1. The molecule has 0 atom stereocenters. The molecule has 1 aromatic carbocycles. The predicted octanol–water partition coefficient (Wildman–Crippen LogP) is 2.10. The van der Waals surface area contributed by atoms with E-state index in [0.717, 1.165) is 5.56 Å². The number of aromatic nitrogens is 2. The van der Waals surface area contributed by atoms with Gasteiger partial charge in [0.25, 0.3) is 0 Å². The first-order valence-corrected chi connectivity index (χ1v) is 7.61. The van der Waals surface area contributed by atoms with Gasteiger partial charge in [-0.3, -0.25) is 0 Å². The van der Waals surface area contributed by atoms with Gasteiger partial charge in [-0.25, -0.2) is 14.8 Å². The average Bonchev–Trinajstić information content (AvgIpc) is 2.62. The standard InChI is InChI=1S/C17H19N3O3/c21-16(23-12-14-4-2-1-3-5-14)20-8-6-17(22,7-9-20)15-10-18-13-19-11-15/h1-5,10-11,13,22H,6-9,12H2. The molecule has 1 saturated heterocycles. The number of hydrogen-bond donors (Lipinski definition) is 1. The second-order valence-corrected chi connectivity index (χ2v) is 5.69. The lowest BCUT2D eigenvalue weighted by atomic mass is 9.86. The summed E-state index contributed by atoms with van der Waals surface area (Å²) in [4.78, 5) is 21.6. The van der Waals surface area contributed by atoms with Gasteiger partial charge in [0.1, 0.15) is 12.9 Å². The van der Waals surface area contributed by atoms with Crippen LogP contribution in [-0.4, -0.2) is 39.2 Å². The summed E-state index contributed by atoms with van der Waals surface area (Å²) in [6.07, 6.45) is 5.22. The van der Waals surface area contributed by atoms with E-state index >= 15 is 0 Å². The fourth-order valence-electron chi connectivity index (χ4n) is 2.70. The molecule has 2 heterocycles. The van der Waals surface area contributed by atoms with E-state index in [1.165, 1.54) is 6.33 Å². The highest BCUT2D eigenvalue weighted by Gasteiger charge is 2.36. The van der Waals surface area contributed by atoms with Gasteiger partial charge >= 0.3 is 6.09 Å². The quantitative estimate of drug-likeness (QED) is 0.939. The third-order valence-electron chi connectivity index (χ3n) is 4.15. The molecule has 0 saturated carbocycles. The van der Waals surface area contributed by atoms with Crippen LogP contribution >= 0.6 is 0 Å². The van der Waals surface area contributed by atoms with Crippen LogP contribution in [0.1, 0.15) is 24.0 Å². The van der Waals surface area contributed by atoms with Gasteiger partial charge in [0, 0.05) is 31.0 Å². The number of carbonyl (C=O) groups excluding carboxylic acids is 1. The fraction of sp³-hybridized carbons (Fsp3) is 0.353. The second-order valence-electron chi connectivity index (χ2n) is 5.69. The summed E-state index contributed by atoms with van der Waals surface area (Å²) in [5, 5.41) is 10.7. The van der Waals surface area contributed by atoms with Crippen molar-refractivity contribution < 1.29 is 14.6 Å². The summed E-state index contributed by atoms with van der Waals surface area (Å²) in [6, 6.07) is 9.57. The molecule has 1 amide bonds. The average molecular weight is 313 g/mol. The Kier molecular flexibility index (Phi) is 4.52. The van der Waals surface area contributed by atoms with Crippen LogP contribution in [0.4, 0.5) is 4.79 Å². The lowest BCUT2D eigenvalue weighted by Crippen LogP contribution is -2.45. The first-order chi connectivity index (χ1) is 11.2. The molecule has 0 spiro atoms. The van der Waals surface area contributed by atoms with Crippen molar-refractivity contribution in [1.82, 2.24) is 14.9 Å². The van der Waals surface area contributed by atoms with E-state index in [1.807, 2.05) is 30.3 Å². The Morgan fingerprint density at radius 1 is 1.17 bits per heavy atom. The Labute approximate surface area is 134 Å². The number of ether oxygens (including phenoxy) is 1. The molecule has 6 nitrogen and oxygen atoms in total. The molecule has 3 rings (SSSR count). The van der Waals surface area contributed by atoms with Crippen molar-refractivity contribution in [3.63, 3.8) is 0 Å². The highest BCUT2D eigenvalue weighted by Crippen LogP contribution is 2.32. The van der Waals surface area contributed by atoms with Crippen LogP contribution in [0.5, 0.6) is 0 Å². The lowest BCUT2D eigenvalue weighted by molar-refractivity contribution is -0.0260. The first kappa shape index (κ1) is 15.4. The monoisotopic (exact) mass is 313 g/mol. The van der Waals surface area contributed by atoms with Crippen LogP contribution in [0.15, 0.2) is 49.1 Å². The molecule has 0 unspecified atom stereocenters. The van der Waals surface area contributed by atoms with E-state index in [9.17, 15) is 9.90 Å². The van der Waals surface area contributed by atoms with Crippen molar-refractivity contribution in [3.8, 4) is 0 Å². The zero-order chi connectivity index (χ0) is 16.1. The zero-order valence-corrected chi connectivity index (χ0v) is 12.8. The SMILES string of the molecule is O=C(OCc1ccccc1)N1CCC(O)(c2cncnc2)CC1. The summed E-state index contributed by atoms with van der Waals surface area (Å²) >= 11 is 0. The van der Waals surface area contributed by atoms with Crippen molar-refractivity contribution in [2.24, 2.45) is 0 Å². The van der Waals surface area contributed by atoms with Crippen LogP contribution in [0.25, 0.3) is 0 Å². The number of piperidine rings is 1. The van der Waals surface area contributed by atoms with E-state index in [4.69, 9.17) is 4.74 Å². The van der Waals surface area contributed by atoms with E-state index in [0.29, 0.717) is 31.5 Å². The maximum Gasteiger partial charge on any atom is 0.410 e. The minimum atomic E-state index is -0.975. The zero-order valence-electron chi connectivity index (χ0n) is 12.8. The largest absolute Gasteiger partial charge is 0.445 e. The third-order valence-corrected chi connectivity index (χ3v) is 4.15. The van der Waals surface area contributed by atoms with E-state index in [-0.39, 0.29) is 12.7 Å². The van der Waals surface area contributed by atoms with Crippen molar-refractivity contribution in [2.75, 3.05) is 13.1 Å². The van der Waals surface area contributed by atoms with E-state index in [2.05, 4.69) is 9.97 Å². The van der Waals surface area contributed by atoms with Crippen LogP contribution in [-0.2, 0) is 16.9 Å². The molecule has 6 heteroatoms. The maximum atomic E-state index is 12.1. The van der Waals surface area contributed by atoms with Gasteiger partial charge in [0.2, 0.25) is 0 Å². The number of hydrogen-bond acceptors (Lipinski definition) is 5. The summed E-state index contributed by atoms with van der Waals surface area (Å²) in [6.45, 7) is 1.14. The highest BCUT2D eigenvalue weighted by atomic mass is 16.6. The minimum Gasteiger partial charge on any atom is -0.445 e. The van der Waals surface area contributed by atoms with Gasteiger partial charge in [0.15, 0.2) is 0 Å². The smallest absolute Gasteiger partial charge is 0.410 e. The topological polar surface area (TPSA) is 75.5 Å². The number of nitrogens with zero attached hydrogens (tertiary/aromatic N) is 3. The number of aliphatic hydroxyl groups is 1. The molecule has 1 N–H and O–H groups in total. The Balaban J connectivity index is 1.53. The molecular weight excluding hydrogens is 294 g/mol. The van der Waals surface area contributed by atoms with Crippen LogP contribution in [0.2, 0.25) is 0 Å². The molecule has 0 aliphatic carbocycles. The van der Waals surface area contributed by atoms with Gasteiger partial charge in [-0.05, 0) is 18.4 Å². The van der Waals surface area contributed by atoms with Crippen molar-refractivity contribution in [3.05, 3.63) is 60.2 Å². The van der Waals surface area contributed by atoms with Crippen molar-refractivity contribution in [2.45, 2.75) is 25.0 Å². The van der Waals surface area contributed by atoms with Gasteiger partial charge in [-0.15, -0.1) is 0 Å². The van der Waals surface area contributed by atoms with Crippen LogP contribution < -0.4 is 0 Å². The minimum absolute atomic E-state index is 0.257. The van der Waals surface area contributed by atoms with Gasteiger partial charge in [-0.2, -0.15) is 0 Å². The van der Waals surface area contributed by atoms with E-state index < -0.39 is 5.60 Å². The van der Waals surface area contributed by atoms with Crippen molar-refractivity contribution >= 4 is 6.09 Å². The fourth-order valence-corrected chi connectivity index (χ4v) is 2.70. The first-order valence-electron chi connectivity index (χ1n) is 7.61. The van der Waals surface area contributed by atoms with Gasteiger partial charge in [-0.1, -0.05) is 30.3 Å². The van der Waals surface area contributed by atoms with Crippen LogP contribution in [0, 0.1) is 0 Å². The molecule has 0 radical (unpaired) electrons. The molecule has 1 aliphatic heterocycles. The summed E-state index contributed by atoms with van der Waals surface area (Å²) in [5.41, 5.74) is 0.672. The normalized spacial score (nSPS) is 16.8. The lowest BCUT2D eigenvalue weighted by Gasteiger charge is -2.37. The van der Waals surface area contributed by atoms with Gasteiger partial charge < -0.3 is 14.7 Å². The summed E-state index contributed by atoms with van der Waals surface area (Å²) in [7, 11) is 0. The summed E-state index contributed by atoms with van der Waals surface area (Å²) < 4.78 is 5.32. The molecule has 1 fully saturated rings. The Morgan fingerprint density at radius 2 is 1.83 bits per heavy atom. The Hall–Kier alpha value is -2.47. The molecule has 1 aliphatic rings. The molecule has 23 heavy (non-hydrogen) atoms. The van der Waals surface area contributed by atoms with Gasteiger partial charge in [0.05, 0.1) is 5.60 Å². The molecule has 1 aromatic heterocycles. The Morgan fingerprint density at radius 3 is 2.48 bits per heavy atom. The number of carbonyl (C=O) groups is 1. The number of benzene rings is 1. The number of amides is 1. The Bertz CT molecular complexity index is 641. The molecule has 0 bridgehead atoms. The van der Waals surface area contributed by atoms with Crippen molar-refractivity contribution in [1.29, 1.82) is 0 Å². The van der Waals surface area contributed by atoms with Crippen LogP contribution in [0.3, 0.4) is 0 Å². The van der Waals surface area contributed by atoms with E-state index in [1.54, 1.807) is 17.3 Å².